The van der Waals surface area contributed by atoms with Crippen LogP contribution in [0.15, 0.2) is 0 Å². The number of nitrogens with two attached hydrogens (primary N) is 1. The van der Waals surface area contributed by atoms with Gasteiger partial charge in [0.2, 0.25) is 5.91 Å². The van der Waals surface area contributed by atoms with Crippen molar-refractivity contribution in [3.8, 4) is 0 Å². The Morgan fingerprint density at radius 1 is 1.43 bits per heavy atom. The van der Waals surface area contributed by atoms with Gasteiger partial charge >= 0.3 is 0 Å². The maximum Gasteiger partial charge on any atom is 0.234 e. The van der Waals surface area contributed by atoms with Gasteiger partial charge in [0, 0.05) is 0 Å². The molecule has 1 aliphatic carbocycles. The van der Waals surface area contributed by atoms with Crippen LogP contribution in [0, 0.1) is 5.92 Å². The number of hydrogen-bond donors (Lipinski definition) is 2. The number of carbonyl (C=O) groups is 1. The molecule has 1 aliphatic rings. The van der Waals surface area contributed by atoms with E-state index in [9.17, 15) is 4.79 Å². The van der Waals surface area contributed by atoms with Crippen LogP contribution in [-0.2, 0) is 4.79 Å². The third-order valence-electron chi connectivity index (χ3n) is 3.04. The Balaban J connectivity index is 2.43. The smallest absolute Gasteiger partial charge is 0.234 e. The monoisotopic (exact) mass is 198 g/mol. The summed E-state index contributed by atoms with van der Waals surface area (Å²) in [6.45, 7) is 3.00. The van der Waals surface area contributed by atoms with Gasteiger partial charge in [-0.2, -0.15) is 0 Å². The molecular weight excluding hydrogens is 176 g/mol. The Morgan fingerprint density at radius 2 is 2.07 bits per heavy atom. The molecule has 0 aliphatic heterocycles. The molecule has 0 spiro atoms. The first-order valence-corrected chi connectivity index (χ1v) is 5.78. The van der Waals surface area contributed by atoms with Crippen molar-refractivity contribution < 1.29 is 4.79 Å². The van der Waals surface area contributed by atoms with Crippen molar-refractivity contribution in [1.29, 1.82) is 0 Å². The predicted octanol–water partition coefficient (Wildman–Crippen LogP) is 1.42. The molecule has 0 radical (unpaired) electrons. The van der Waals surface area contributed by atoms with E-state index in [0.29, 0.717) is 5.92 Å². The molecule has 1 atom stereocenters. The lowest BCUT2D eigenvalue weighted by Gasteiger charge is -2.28. The lowest BCUT2D eigenvalue weighted by Crippen LogP contribution is -2.47. The summed E-state index contributed by atoms with van der Waals surface area (Å²) in [7, 11) is 0. The van der Waals surface area contributed by atoms with E-state index in [1.165, 1.54) is 19.3 Å². The fraction of sp³-hybridized carbons (Fsp3) is 0.909. The molecule has 1 unspecified atom stereocenters. The zero-order valence-corrected chi connectivity index (χ0v) is 9.09. The molecule has 0 aromatic rings. The summed E-state index contributed by atoms with van der Waals surface area (Å²) in [6, 6.07) is -0.0877. The van der Waals surface area contributed by atoms with Crippen molar-refractivity contribution in [1.82, 2.24) is 5.32 Å². The number of amides is 1. The quantitative estimate of drug-likeness (QED) is 0.702. The highest BCUT2D eigenvalue weighted by atomic mass is 16.1. The van der Waals surface area contributed by atoms with Crippen molar-refractivity contribution in [3.63, 3.8) is 0 Å². The molecule has 0 bridgehead atoms. The molecule has 82 valence electrons. The maximum atomic E-state index is 11.3. The molecule has 0 saturated heterocycles. The van der Waals surface area contributed by atoms with Gasteiger partial charge in [-0.15, -0.1) is 0 Å². The number of carbonyl (C=O) groups excluding carboxylic acids is 1. The van der Waals surface area contributed by atoms with Gasteiger partial charge in [-0.25, -0.2) is 0 Å². The summed E-state index contributed by atoms with van der Waals surface area (Å²) >= 11 is 0. The maximum absolute atomic E-state index is 11.3. The molecule has 3 heteroatoms. The Hall–Kier alpha value is -0.570. The minimum Gasteiger partial charge on any atom is -0.368 e. The molecule has 1 fully saturated rings. The van der Waals surface area contributed by atoms with Crippen LogP contribution < -0.4 is 11.1 Å². The van der Waals surface area contributed by atoms with Gasteiger partial charge in [-0.3, -0.25) is 4.79 Å². The zero-order valence-electron chi connectivity index (χ0n) is 9.09. The Kier molecular flexibility index (Phi) is 4.94. The van der Waals surface area contributed by atoms with Gasteiger partial charge in [0.15, 0.2) is 0 Å². The van der Waals surface area contributed by atoms with Crippen LogP contribution in [0.1, 0.15) is 45.4 Å². The van der Waals surface area contributed by atoms with Crippen LogP contribution in [0.5, 0.6) is 0 Å². The van der Waals surface area contributed by atoms with Crippen molar-refractivity contribution in [2.24, 2.45) is 11.7 Å². The van der Waals surface area contributed by atoms with Crippen molar-refractivity contribution in [3.05, 3.63) is 0 Å². The van der Waals surface area contributed by atoms with E-state index < -0.39 is 0 Å². The van der Waals surface area contributed by atoms with Gasteiger partial charge < -0.3 is 11.1 Å². The Morgan fingerprint density at radius 3 is 2.57 bits per heavy atom. The first-order chi connectivity index (χ1) is 6.75. The van der Waals surface area contributed by atoms with E-state index >= 15 is 0 Å². The number of rotatable bonds is 5. The largest absolute Gasteiger partial charge is 0.368 e. The van der Waals surface area contributed by atoms with Crippen molar-refractivity contribution in [2.75, 3.05) is 6.54 Å². The molecule has 0 aromatic heterocycles. The third kappa shape index (κ3) is 3.29. The molecule has 3 nitrogen and oxygen atoms in total. The molecular formula is C11H22N2O. The van der Waals surface area contributed by atoms with E-state index in [4.69, 9.17) is 5.73 Å². The van der Waals surface area contributed by atoms with E-state index in [1.54, 1.807) is 0 Å². The average molecular weight is 198 g/mol. The van der Waals surface area contributed by atoms with Gasteiger partial charge in [0.05, 0.1) is 6.04 Å². The van der Waals surface area contributed by atoms with Crippen LogP contribution in [0.3, 0.4) is 0 Å². The average Bonchev–Trinajstić information content (AvgIpc) is 2.19. The van der Waals surface area contributed by atoms with E-state index in [0.717, 1.165) is 25.8 Å². The van der Waals surface area contributed by atoms with Crippen LogP contribution >= 0.6 is 0 Å². The first-order valence-electron chi connectivity index (χ1n) is 5.78. The summed E-state index contributed by atoms with van der Waals surface area (Å²) < 4.78 is 0. The minimum absolute atomic E-state index is 0.0877. The highest BCUT2D eigenvalue weighted by molar-refractivity contribution is 5.80. The van der Waals surface area contributed by atoms with Gasteiger partial charge in [-0.1, -0.05) is 26.2 Å². The van der Waals surface area contributed by atoms with Gasteiger partial charge in [-0.05, 0) is 31.7 Å². The summed E-state index contributed by atoms with van der Waals surface area (Å²) in [4.78, 5) is 11.3. The topological polar surface area (TPSA) is 55.1 Å². The second-order valence-electron chi connectivity index (χ2n) is 4.23. The van der Waals surface area contributed by atoms with Crippen molar-refractivity contribution >= 4 is 5.91 Å². The number of hydrogen-bond acceptors (Lipinski definition) is 2. The summed E-state index contributed by atoms with van der Waals surface area (Å²) in [5.74, 6) is 0.304. The Labute approximate surface area is 86.4 Å². The molecule has 0 aromatic carbocycles. The second-order valence-corrected chi connectivity index (χ2v) is 4.23. The number of nitrogens with one attached hydrogen (secondary N) is 1. The van der Waals surface area contributed by atoms with Crippen LogP contribution in [0.2, 0.25) is 0 Å². The highest BCUT2D eigenvalue weighted by Crippen LogP contribution is 2.26. The standard InChI is InChI=1S/C11H22N2O/c1-2-8-13-10(11(12)14)9-6-4-3-5-7-9/h9-10,13H,2-8H2,1H3,(H2,12,14). The lowest BCUT2D eigenvalue weighted by atomic mass is 9.83. The molecule has 0 heterocycles. The predicted molar refractivity (Wildman–Crippen MR) is 57.9 cm³/mol. The van der Waals surface area contributed by atoms with Gasteiger partial charge in [0.1, 0.15) is 0 Å². The molecule has 3 N–H and O–H groups in total. The molecule has 14 heavy (non-hydrogen) atoms. The highest BCUT2D eigenvalue weighted by Gasteiger charge is 2.26. The second kappa shape index (κ2) is 6.02. The van der Waals surface area contributed by atoms with Crippen LogP contribution in [0.4, 0.5) is 0 Å². The first kappa shape index (κ1) is 11.5. The molecule has 1 rings (SSSR count). The van der Waals surface area contributed by atoms with E-state index in [1.807, 2.05) is 0 Å². The van der Waals surface area contributed by atoms with E-state index in [-0.39, 0.29) is 11.9 Å². The molecule has 1 amide bonds. The lowest BCUT2D eigenvalue weighted by molar-refractivity contribution is -0.121. The minimum atomic E-state index is -0.176. The summed E-state index contributed by atoms with van der Waals surface area (Å²) in [5, 5.41) is 3.26. The summed E-state index contributed by atoms with van der Waals surface area (Å²) in [5.41, 5.74) is 5.41. The van der Waals surface area contributed by atoms with Gasteiger partial charge in [0.25, 0.3) is 0 Å². The number of primary amides is 1. The fourth-order valence-electron chi connectivity index (χ4n) is 2.27. The molecule has 1 saturated carbocycles. The summed E-state index contributed by atoms with van der Waals surface area (Å²) in [6.07, 6.45) is 7.19. The van der Waals surface area contributed by atoms with Crippen LogP contribution in [0.25, 0.3) is 0 Å². The van der Waals surface area contributed by atoms with Crippen LogP contribution in [-0.4, -0.2) is 18.5 Å². The van der Waals surface area contributed by atoms with Crippen molar-refractivity contribution in [2.45, 2.75) is 51.5 Å². The zero-order chi connectivity index (χ0) is 10.4. The van der Waals surface area contributed by atoms with E-state index in [2.05, 4.69) is 12.2 Å². The third-order valence-corrected chi connectivity index (χ3v) is 3.04. The normalized spacial score (nSPS) is 20.6. The SMILES string of the molecule is CCCNC(C(N)=O)C1CCCCC1. The fourth-order valence-corrected chi connectivity index (χ4v) is 2.27. The Bertz CT molecular complexity index is 176.